The van der Waals surface area contributed by atoms with Gasteiger partial charge in [-0.25, -0.2) is 22.3 Å². The molecule has 1 unspecified atom stereocenters. The molecule has 1 atom stereocenters. The van der Waals surface area contributed by atoms with E-state index in [9.17, 15) is 22.4 Å². The molecule has 0 radical (unpaired) electrons. The highest BCUT2D eigenvalue weighted by Gasteiger charge is 2.50. The number of nitrogens with one attached hydrogen (secondary N) is 1. The molecule has 178 valence electrons. The first-order valence-electron chi connectivity index (χ1n) is 11.0. The highest BCUT2D eigenvalue weighted by molar-refractivity contribution is 7.93. The van der Waals surface area contributed by atoms with Crippen LogP contribution in [-0.2, 0) is 28.4 Å². The summed E-state index contributed by atoms with van der Waals surface area (Å²) in [5.41, 5.74) is 0.105. The van der Waals surface area contributed by atoms with E-state index in [-0.39, 0.29) is 11.4 Å². The van der Waals surface area contributed by atoms with E-state index in [2.05, 4.69) is 9.82 Å². The fourth-order valence-corrected chi connectivity index (χ4v) is 5.49. The van der Waals surface area contributed by atoms with E-state index >= 15 is 0 Å². The zero-order valence-corrected chi connectivity index (χ0v) is 19.8. The van der Waals surface area contributed by atoms with Crippen LogP contribution in [0, 0.1) is 11.8 Å². The number of amides is 3. The Hall–Kier alpha value is -2.66. The smallest absolute Gasteiger partial charge is 0.275 e. The topological polar surface area (TPSA) is 104 Å². The molecule has 0 spiro atoms. The summed E-state index contributed by atoms with van der Waals surface area (Å²) in [6.07, 6.45) is 9.17. The number of fused-ring (bicyclic) bond motifs is 1. The second kappa shape index (κ2) is 8.60. The monoisotopic (exact) mass is 478 g/mol. The Morgan fingerprint density at radius 3 is 2.61 bits per heavy atom. The first-order valence-corrected chi connectivity index (χ1v) is 12.5. The first kappa shape index (κ1) is 23.5. The van der Waals surface area contributed by atoms with Gasteiger partial charge in [-0.15, -0.1) is 0 Å². The lowest BCUT2D eigenvalue weighted by Crippen LogP contribution is -2.54. The molecule has 1 saturated carbocycles. The molecule has 33 heavy (non-hydrogen) atoms. The van der Waals surface area contributed by atoms with Crippen molar-refractivity contribution in [2.75, 3.05) is 13.2 Å². The number of alkyl halides is 1. The molecule has 9 nitrogen and oxygen atoms in total. The maximum Gasteiger partial charge on any atom is 0.501 e. The third-order valence-electron chi connectivity index (χ3n) is 6.17. The molecule has 3 amide bonds. The van der Waals surface area contributed by atoms with Crippen LogP contribution < -0.4 is 4.72 Å². The Labute approximate surface area is 192 Å². The van der Waals surface area contributed by atoms with Crippen molar-refractivity contribution in [1.82, 2.24) is 19.4 Å². The number of aryl methyl sites for hydroxylation is 1. The van der Waals surface area contributed by atoms with Gasteiger partial charge in [0.2, 0.25) is 10.0 Å². The van der Waals surface area contributed by atoms with Crippen LogP contribution in [0.15, 0.2) is 35.5 Å². The number of carbonyl (C=O) groups is 2. The van der Waals surface area contributed by atoms with E-state index in [1.807, 2.05) is 13.8 Å². The molecule has 11 heteroatoms. The van der Waals surface area contributed by atoms with Gasteiger partial charge in [0.05, 0.1) is 23.2 Å². The van der Waals surface area contributed by atoms with E-state index in [1.165, 1.54) is 18.2 Å². The SMILES string of the molecule is CC(C)CC[N+]1=C2C=CC(S(=O)(=O)NC3(CF)CC3)=CC2C(=O)N(Cc2cnn(C)c2)C1=O. The van der Waals surface area contributed by atoms with Gasteiger partial charge in [0.25, 0.3) is 0 Å². The molecular weight excluding hydrogens is 449 g/mol. The van der Waals surface area contributed by atoms with E-state index in [4.69, 9.17) is 0 Å². The number of hydrogen-bond acceptors (Lipinski definition) is 5. The van der Waals surface area contributed by atoms with Crippen LogP contribution in [0.5, 0.6) is 0 Å². The molecule has 2 heterocycles. The van der Waals surface area contributed by atoms with Crippen molar-refractivity contribution < 1.29 is 27.0 Å². The van der Waals surface area contributed by atoms with Crippen molar-refractivity contribution in [3.8, 4) is 0 Å². The molecular formula is C22H29FN5O4S+. The second-order valence-corrected chi connectivity index (χ2v) is 11.1. The molecule has 2 aliphatic carbocycles. The van der Waals surface area contributed by atoms with Crippen LogP contribution in [0.4, 0.5) is 9.18 Å². The lowest BCUT2D eigenvalue weighted by Gasteiger charge is -2.28. The van der Waals surface area contributed by atoms with Crippen LogP contribution in [0.3, 0.4) is 0 Å². The van der Waals surface area contributed by atoms with Crippen LogP contribution >= 0.6 is 0 Å². The van der Waals surface area contributed by atoms with Crippen molar-refractivity contribution in [2.24, 2.45) is 18.9 Å². The van der Waals surface area contributed by atoms with Gasteiger partial charge >= 0.3 is 11.9 Å². The van der Waals surface area contributed by atoms with Crippen molar-refractivity contribution in [2.45, 2.75) is 45.2 Å². The van der Waals surface area contributed by atoms with Crippen molar-refractivity contribution in [3.63, 3.8) is 0 Å². The summed E-state index contributed by atoms with van der Waals surface area (Å²) < 4.78 is 44.6. The fourth-order valence-electron chi connectivity index (χ4n) is 3.98. The summed E-state index contributed by atoms with van der Waals surface area (Å²) in [7, 11) is -2.27. The highest BCUT2D eigenvalue weighted by atomic mass is 32.2. The highest BCUT2D eigenvalue weighted by Crippen LogP contribution is 2.37. The summed E-state index contributed by atoms with van der Waals surface area (Å²) in [4.78, 5) is 27.7. The predicted molar refractivity (Wildman–Crippen MR) is 119 cm³/mol. The van der Waals surface area contributed by atoms with Crippen molar-refractivity contribution in [3.05, 3.63) is 41.1 Å². The van der Waals surface area contributed by atoms with Crippen LogP contribution in [0.2, 0.25) is 0 Å². The van der Waals surface area contributed by atoms with Gasteiger partial charge in [-0.1, -0.05) is 13.8 Å². The maximum atomic E-state index is 13.4. The molecule has 1 fully saturated rings. The molecule has 1 aromatic heterocycles. The lowest BCUT2D eigenvalue weighted by molar-refractivity contribution is -0.442. The minimum absolute atomic E-state index is 0.0380. The Kier molecular flexibility index (Phi) is 6.12. The molecule has 0 aromatic carbocycles. The molecule has 0 bridgehead atoms. The van der Waals surface area contributed by atoms with Gasteiger partial charge in [-0.3, -0.25) is 4.68 Å². The molecule has 3 aliphatic rings. The summed E-state index contributed by atoms with van der Waals surface area (Å²) in [5, 5.41) is 4.09. The van der Waals surface area contributed by atoms with Crippen LogP contribution in [0.25, 0.3) is 0 Å². The largest absolute Gasteiger partial charge is 0.501 e. The molecule has 1 aliphatic heterocycles. The summed E-state index contributed by atoms with van der Waals surface area (Å²) in [6.45, 7) is 3.75. The zero-order chi connectivity index (χ0) is 24.0. The number of sulfonamides is 1. The minimum Gasteiger partial charge on any atom is -0.275 e. The quantitative estimate of drug-likeness (QED) is 0.546. The van der Waals surface area contributed by atoms with E-state index in [0.29, 0.717) is 36.6 Å². The van der Waals surface area contributed by atoms with E-state index in [0.717, 1.165) is 11.3 Å². The Balaban J connectivity index is 1.69. The van der Waals surface area contributed by atoms with E-state index in [1.54, 1.807) is 28.7 Å². The van der Waals surface area contributed by atoms with Gasteiger partial charge in [0.15, 0.2) is 0 Å². The number of halogens is 1. The third-order valence-corrected chi connectivity index (χ3v) is 7.77. The molecule has 0 saturated heterocycles. The number of allylic oxidation sites excluding steroid dienone is 2. The number of rotatable bonds is 9. The standard InChI is InChI=1S/C22H29FN5O4S/c1-15(2)6-9-27-19-5-4-17(33(31,32)25-22(14-23)7-8-22)10-18(19)20(29)28(21(27)30)13-16-11-24-26(3)12-16/h4-5,10-12,15,18,25H,6-9,13-14H2,1-3H3/q+1. The molecule has 1 aromatic rings. The number of nitrogens with zero attached hydrogens (tertiary/aromatic N) is 4. The Morgan fingerprint density at radius 2 is 2.03 bits per heavy atom. The van der Waals surface area contributed by atoms with Crippen molar-refractivity contribution in [1.29, 1.82) is 0 Å². The third kappa shape index (κ3) is 4.70. The first-order chi connectivity index (χ1) is 15.5. The summed E-state index contributed by atoms with van der Waals surface area (Å²) in [5.74, 6) is -1.09. The minimum atomic E-state index is -4.01. The van der Waals surface area contributed by atoms with Gasteiger partial charge in [-0.05, 0) is 43.4 Å². The number of carbonyl (C=O) groups excluding carboxylic acids is 2. The normalized spacial score (nSPS) is 22.2. The van der Waals surface area contributed by atoms with Gasteiger partial charge in [-0.2, -0.15) is 19.4 Å². The van der Waals surface area contributed by atoms with E-state index < -0.39 is 40.1 Å². The number of aromatic nitrogens is 2. The molecule has 1 N–H and O–H groups in total. The van der Waals surface area contributed by atoms with Gasteiger partial charge in [0.1, 0.15) is 24.8 Å². The average molecular weight is 479 g/mol. The van der Waals surface area contributed by atoms with Crippen LogP contribution in [0.1, 0.15) is 38.7 Å². The van der Waals surface area contributed by atoms with Crippen LogP contribution in [-0.4, -0.2) is 64.1 Å². The second-order valence-electron chi connectivity index (χ2n) is 9.39. The predicted octanol–water partition coefficient (Wildman–Crippen LogP) is 1.87. The van der Waals surface area contributed by atoms with Gasteiger partial charge < -0.3 is 0 Å². The average Bonchev–Trinajstić information content (AvgIpc) is 3.41. The maximum absolute atomic E-state index is 13.4. The number of urea groups is 1. The van der Waals surface area contributed by atoms with Crippen molar-refractivity contribution >= 4 is 27.7 Å². The number of hydrogen-bond donors (Lipinski definition) is 1. The number of imide groups is 1. The van der Waals surface area contributed by atoms with Gasteiger partial charge in [0, 0.05) is 18.8 Å². The molecule has 4 rings (SSSR count). The Morgan fingerprint density at radius 1 is 1.30 bits per heavy atom. The Bertz CT molecular complexity index is 1180. The lowest BCUT2D eigenvalue weighted by atomic mass is 9.94. The zero-order valence-electron chi connectivity index (χ0n) is 19.0. The summed E-state index contributed by atoms with van der Waals surface area (Å²) in [6, 6.07) is -0.437. The fraction of sp³-hybridized carbons (Fsp3) is 0.545. The summed E-state index contributed by atoms with van der Waals surface area (Å²) >= 11 is 0.